The number of furan rings is 1. The first-order valence-electron chi connectivity index (χ1n) is 6.72. The fraction of sp³-hybridized carbons (Fsp3) is 0.429. The van der Waals surface area contributed by atoms with Crippen molar-refractivity contribution in [3.8, 4) is 0 Å². The number of nitrogens with zero attached hydrogens (tertiary/aromatic N) is 2. The minimum atomic E-state index is -1.10. The first-order valence-corrected chi connectivity index (χ1v) is 6.72. The molecule has 0 fully saturated rings. The molecule has 1 atom stereocenters. The Morgan fingerprint density at radius 1 is 1.50 bits per heavy atom. The molecule has 22 heavy (non-hydrogen) atoms. The molecule has 0 saturated heterocycles. The van der Waals surface area contributed by atoms with Crippen molar-refractivity contribution in [3.05, 3.63) is 41.6 Å². The second kappa shape index (κ2) is 8.18. The highest BCUT2D eigenvalue weighted by atomic mass is 127. The van der Waals surface area contributed by atoms with Crippen LogP contribution in [-0.4, -0.2) is 34.9 Å². The van der Waals surface area contributed by atoms with Gasteiger partial charge in [-0.3, -0.25) is 10.1 Å². The highest BCUT2D eigenvalue weighted by Gasteiger charge is 2.26. The van der Waals surface area contributed by atoms with Crippen molar-refractivity contribution in [3.63, 3.8) is 0 Å². The van der Waals surface area contributed by atoms with E-state index in [1.807, 2.05) is 6.92 Å². The van der Waals surface area contributed by atoms with Crippen LogP contribution in [0, 0.1) is 6.92 Å². The van der Waals surface area contributed by atoms with E-state index >= 15 is 0 Å². The monoisotopic (exact) mass is 419 g/mol. The van der Waals surface area contributed by atoms with Crippen LogP contribution in [0.1, 0.15) is 23.9 Å². The molecule has 0 bridgehead atoms. The lowest BCUT2D eigenvalue weighted by Gasteiger charge is -2.22. The van der Waals surface area contributed by atoms with Gasteiger partial charge in [0.1, 0.15) is 11.4 Å². The number of aromatic amines is 1. The van der Waals surface area contributed by atoms with Crippen LogP contribution in [0.2, 0.25) is 0 Å². The highest BCUT2D eigenvalue weighted by molar-refractivity contribution is 14.0. The zero-order chi connectivity index (χ0) is 15.3. The fourth-order valence-electron chi connectivity index (χ4n) is 1.88. The van der Waals surface area contributed by atoms with Gasteiger partial charge >= 0.3 is 0 Å². The maximum atomic E-state index is 10.4. The summed E-state index contributed by atoms with van der Waals surface area (Å²) in [5.74, 6) is 1.11. The van der Waals surface area contributed by atoms with Gasteiger partial charge in [-0.05, 0) is 26.0 Å². The average Bonchev–Trinajstić information content (AvgIpc) is 3.11. The van der Waals surface area contributed by atoms with Gasteiger partial charge in [0, 0.05) is 24.8 Å². The van der Waals surface area contributed by atoms with Crippen molar-refractivity contribution in [1.29, 1.82) is 0 Å². The number of H-pyrrole nitrogens is 1. The summed E-state index contributed by atoms with van der Waals surface area (Å²) < 4.78 is 5.24. The SMILES string of the molecule is CN=C(NCc1cn[nH]c1C)NCC(C)(O)c1ccco1.I. The summed E-state index contributed by atoms with van der Waals surface area (Å²) >= 11 is 0. The normalized spacial score (nSPS) is 14.1. The number of aliphatic imine (C=N–C) groups is 1. The Morgan fingerprint density at radius 3 is 2.82 bits per heavy atom. The molecular weight excluding hydrogens is 397 g/mol. The van der Waals surface area contributed by atoms with Crippen LogP contribution < -0.4 is 10.6 Å². The molecule has 122 valence electrons. The van der Waals surface area contributed by atoms with Gasteiger partial charge in [0.15, 0.2) is 5.96 Å². The number of rotatable bonds is 5. The molecule has 0 saturated carbocycles. The molecule has 2 rings (SSSR count). The van der Waals surface area contributed by atoms with Crippen LogP contribution in [0.15, 0.2) is 34.0 Å². The van der Waals surface area contributed by atoms with E-state index in [4.69, 9.17) is 4.42 Å². The first-order chi connectivity index (χ1) is 10.0. The Labute approximate surface area is 146 Å². The summed E-state index contributed by atoms with van der Waals surface area (Å²) in [7, 11) is 1.68. The van der Waals surface area contributed by atoms with E-state index in [1.54, 1.807) is 38.6 Å². The second-order valence-corrected chi connectivity index (χ2v) is 5.05. The fourth-order valence-corrected chi connectivity index (χ4v) is 1.88. The number of guanidine groups is 1. The summed E-state index contributed by atoms with van der Waals surface area (Å²) in [6.07, 6.45) is 3.31. The van der Waals surface area contributed by atoms with Gasteiger partial charge < -0.3 is 20.2 Å². The minimum Gasteiger partial charge on any atom is -0.466 e. The summed E-state index contributed by atoms with van der Waals surface area (Å²) in [6, 6.07) is 3.49. The van der Waals surface area contributed by atoms with Gasteiger partial charge in [-0.15, -0.1) is 24.0 Å². The maximum Gasteiger partial charge on any atom is 0.191 e. The summed E-state index contributed by atoms with van der Waals surface area (Å²) in [6.45, 7) is 4.53. The van der Waals surface area contributed by atoms with E-state index in [-0.39, 0.29) is 30.5 Å². The Morgan fingerprint density at radius 2 is 2.27 bits per heavy atom. The maximum absolute atomic E-state index is 10.4. The van der Waals surface area contributed by atoms with Crippen LogP contribution in [0.3, 0.4) is 0 Å². The molecule has 1 unspecified atom stereocenters. The number of nitrogens with one attached hydrogen (secondary N) is 3. The largest absolute Gasteiger partial charge is 0.466 e. The lowest BCUT2D eigenvalue weighted by Crippen LogP contribution is -2.44. The van der Waals surface area contributed by atoms with Crippen molar-refractivity contribution in [1.82, 2.24) is 20.8 Å². The number of hydrogen-bond acceptors (Lipinski definition) is 4. The average molecular weight is 419 g/mol. The molecular formula is C14H22IN5O2. The van der Waals surface area contributed by atoms with Crippen molar-refractivity contribution in [2.45, 2.75) is 26.0 Å². The van der Waals surface area contributed by atoms with Gasteiger partial charge in [0.05, 0.1) is 19.0 Å². The van der Waals surface area contributed by atoms with Crippen LogP contribution in [0.25, 0.3) is 0 Å². The summed E-state index contributed by atoms with van der Waals surface area (Å²) in [4.78, 5) is 4.12. The third-order valence-corrected chi connectivity index (χ3v) is 3.26. The van der Waals surface area contributed by atoms with E-state index in [1.165, 1.54) is 0 Å². The van der Waals surface area contributed by atoms with Crippen LogP contribution in [0.4, 0.5) is 0 Å². The van der Waals surface area contributed by atoms with E-state index in [0.29, 0.717) is 18.3 Å². The molecule has 2 aromatic rings. The Balaban J connectivity index is 0.00000242. The molecule has 0 radical (unpaired) electrons. The van der Waals surface area contributed by atoms with E-state index in [2.05, 4.69) is 25.8 Å². The summed E-state index contributed by atoms with van der Waals surface area (Å²) in [5, 5.41) is 23.5. The van der Waals surface area contributed by atoms with Crippen LogP contribution in [-0.2, 0) is 12.1 Å². The molecule has 0 aliphatic carbocycles. The van der Waals surface area contributed by atoms with Crippen molar-refractivity contribution >= 4 is 29.9 Å². The van der Waals surface area contributed by atoms with Crippen molar-refractivity contribution < 1.29 is 9.52 Å². The quantitative estimate of drug-likeness (QED) is 0.335. The zero-order valence-corrected chi connectivity index (χ0v) is 15.2. The lowest BCUT2D eigenvalue weighted by molar-refractivity contribution is 0.0386. The molecule has 8 heteroatoms. The van der Waals surface area contributed by atoms with Crippen LogP contribution >= 0.6 is 24.0 Å². The van der Waals surface area contributed by atoms with E-state index < -0.39 is 5.60 Å². The Kier molecular flexibility index (Phi) is 6.88. The molecule has 2 heterocycles. The lowest BCUT2D eigenvalue weighted by atomic mass is 10.0. The molecule has 0 aromatic carbocycles. The molecule has 2 aromatic heterocycles. The van der Waals surface area contributed by atoms with Gasteiger partial charge in [-0.2, -0.15) is 5.10 Å². The number of aryl methyl sites for hydroxylation is 1. The number of aromatic nitrogens is 2. The van der Waals surface area contributed by atoms with Crippen molar-refractivity contribution in [2.24, 2.45) is 4.99 Å². The third-order valence-electron chi connectivity index (χ3n) is 3.26. The molecule has 0 aliphatic heterocycles. The molecule has 0 amide bonds. The van der Waals surface area contributed by atoms with Gasteiger partial charge in [0.2, 0.25) is 0 Å². The topological polar surface area (TPSA) is 98.5 Å². The minimum absolute atomic E-state index is 0. The van der Waals surface area contributed by atoms with Gasteiger partial charge in [-0.1, -0.05) is 0 Å². The number of hydrogen-bond donors (Lipinski definition) is 4. The van der Waals surface area contributed by atoms with E-state index in [9.17, 15) is 5.11 Å². The number of halogens is 1. The molecule has 7 nitrogen and oxygen atoms in total. The Hall–Kier alpha value is -1.55. The predicted molar refractivity (Wildman–Crippen MR) is 95.2 cm³/mol. The van der Waals surface area contributed by atoms with Crippen molar-refractivity contribution in [2.75, 3.05) is 13.6 Å². The second-order valence-electron chi connectivity index (χ2n) is 5.05. The Bertz CT molecular complexity index is 592. The van der Waals surface area contributed by atoms with Crippen LogP contribution in [0.5, 0.6) is 0 Å². The smallest absolute Gasteiger partial charge is 0.191 e. The molecule has 0 spiro atoms. The third kappa shape index (κ3) is 4.73. The number of aliphatic hydroxyl groups is 1. The summed E-state index contributed by atoms with van der Waals surface area (Å²) in [5.41, 5.74) is 0.975. The highest BCUT2D eigenvalue weighted by Crippen LogP contribution is 2.19. The van der Waals surface area contributed by atoms with E-state index in [0.717, 1.165) is 11.3 Å². The van der Waals surface area contributed by atoms with Gasteiger partial charge in [-0.25, -0.2) is 0 Å². The van der Waals surface area contributed by atoms with Gasteiger partial charge in [0.25, 0.3) is 0 Å². The first kappa shape index (κ1) is 18.5. The zero-order valence-electron chi connectivity index (χ0n) is 12.9. The standard InChI is InChI=1S/C14H21N5O2.HI/c1-10-11(8-18-19-10)7-16-13(15-3)17-9-14(2,20)12-5-4-6-21-12;/h4-6,8,20H,7,9H2,1-3H3,(H,18,19)(H2,15,16,17);1H. The molecule has 4 N–H and O–H groups in total. The molecule has 0 aliphatic rings. The predicted octanol–water partition coefficient (Wildman–Crippen LogP) is 1.50.